The second-order valence-electron chi connectivity index (χ2n) is 10.2. The van der Waals surface area contributed by atoms with Gasteiger partial charge in [-0.2, -0.15) is 0 Å². The highest BCUT2D eigenvalue weighted by atomic mass is 32.2. The number of fused-ring (bicyclic) bond motifs is 1. The van der Waals surface area contributed by atoms with Crippen LogP contribution in [0.1, 0.15) is 31.1 Å². The first-order valence-corrected chi connectivity index (χ1v) is 17.1. The van der Waals surface area contributed by atoms with Gasteiger partial charge in [0.15, 0.2) is 12.0 Å². The minimum atomic E-state index is -1.56. The van der Waals surface area contributed by atoms with E-state index >= 15 is 0 Å². The predicted molar refractivity (Wildman–Crippen MR) is 174 cm³/mol. The van der Waals surface area contributed by atoms with E-state index in [0.717, 1.165) is 0 Å². The van der Waals surface area contributed by atoms with Gasteiger partial charge in [0.1, 0.15) is 17.1 Å². The largest absolute Gasteiger partial charge is 0.511 e. The number of rotatable bonds is 12. The Balaban J connectivity index is 1.33. The summed E-state index contributed by atoms with van der Waals surface area (Å²) in [5, 5.41) is 3.52. The molecule has 0 aliphatic carbocycles. The second-order valence-corrected chi connectivity index (χ2v) is 12.7. The summed E-state index contributed by atoms with van der Waals surface area (Å²) in [6.45, 7) is 3.00. The number of hydrogen-bond donors (Lipinski definition) is 1. The molecule has 252 valence electrons. The highest BCUT2D eigenvalue weighted by Crippen LogP contribution is 2.38. The normalized spacial score (nSPS) is 20.9. The summed E-state index contributed by atoms with van der Waals surface area (Å²) in [6, 6.07) is 17.1. The number of amides is 2. The van der Waals surface area contributed by atoms with Gasteiger partial charge >= 0.3 is 18.1 Å². The summed E-state index contributed by atoms with van der Waals surface area (Å²) in [4.78, 5) is 76.0. The van der Waals surface area contributed by atoms with E-state index < -0.39 is 70.3 Å². The summed E-state index contributed by atoms with van der Waals surface area (Å²) in [6.07, 6.45) is -1.63. The van der Waals surface area contributed by atoms with E-state index in [2.05, 4.69) is 19.6 Å². The maximum Gasteiger partial charge on any atom is 0.511 e. The van der Waals surface area contributed by atoms with Crippen molar-refractivity contribution in [3.05, 3.63) is 94.7 Å². The Labute approximate surface area is 282 Å². The molecule has 3 heterocycles. The van der Waals surface area contributed by atoms with Crippen LogP contribution in [-0.4, -0.2) is 77.5 Å². The average molecular weight is 697 g/mol. The standard InChI is InChI=1S/C32H32N4O10S2/c1-4-43-32(41)45-19(2)44-30(39)23-15-16-47-29-25(28(38)36(23)29)34-27(37)24(22-17-48(18-33-22)35-42-3)31(40)46-26(20-11-7-5-8-12-20)21-13-9-6-10-14-21/h5-15,17-19,24-26,29H,4,16H2,1-3H3,(H,34,37)/t19?,24?,25?,29-,48?/m1/s1. The molecule has 5 atom stereocenters. The fraction of sp³-hybridized carbons (Fsp3) is 0.312. The van der Waals surface area contributed by atoms with Crippen molar-refractivity contribution in [2.45, 2.75) is 37.7 Å². The number of ether oxygens (including phenoxy) is 4. The van der Waals surface area contributed by atoms with E-state index in [1.807, 2.05) is 60.7 Å². The van der Waals surface area contributed by atoms with Crippen LogP contribution in [0.3, 0.4) is 0 Å². The maximum atomic E-state index is 13.9. The van der Waals surface area contributed by atoms with Crippen molar-refractivity contribution in [3.8, 4) is 0 Å². The Morgan fingerprint density at radius 3 is 2.33 bits per heavy atom. The first-order chi connectivity index (χ1) is 23.2. The molecule has 2 aromatic carbocycles. The number of nitrogens with one attached hydrogen (secondary N) is 1. The van der Waals surface area contributed by atoms with Crippen molar-refractivity contribution < 1.29 is 47.8 Å². The molecule has 0 radical (unpaired) electrons. The lowest BCUT2D eigenvalue weighted by molar-refractivity contribution is -0.168. The number of hydrogen-bond acceptors (Lipinski definition) is 13. The summed E-state index contributed by atoms with van der Waals surface area (Å²) in [7, 11) is 0.427. The lowest BCUT2D eigenvalue weighted by atomic mass is 9.99. The monoisotopic (exact) mass is 696 g/mol. The van der Waals surface area contributed by atoms with Crippen molar-refractivity contribution in [3.63, 3.8) is 0 Å². The Bertz CT molecular complexity index is 1640. The minimum absolute atomic E-state index is 0.0635. The Kier molecular flexibility index (Phi) is 11.4. The smallest absolute Gasteiger partial charge is 0.452 e. The maximum absolute atomic E-state index is 13.9. The van der Waals surface area contributed by atoms with Gasteiger partial charge in [0.05, 0.1) is 25.0 Å². The summed E-state index contributed by atoms with van der Waals surface area (Å²) < 4.78 is 24.7. The van der Waals surface area contributed by atoms with E-state index in [9.17, 15) is 24.0 Å². The number of aliphatic imine (C=N–C) groups is 1. The topological polar surface area (TPSA) is 171 Å². The molecular formula is C32H32N4O10S2. The van der Waals surface area contributed by atoms with Crippen LogP contribution in [0.15, 0.2) is 93.1 Å². The van der Waals surface area contributed by atoms with Gasteiger partial charge < -0.3 is 24.3 Å². The lowest BCUT2D eigenvalue weighted by Crippen LogP contribution is -2.70. The van der Waals surface area contributed by atoms with Crippen molar-refractivity contribution in [2.24, 2.45) is 15.4 Å². The number of thioether (sulfide) groups is 1. The lowest BCUT2D eigenvalue weighted by Gasteiger charge is -2.48. The molecule has 1 saturated heterocycles. The molecule has 2 aromatic rings. The summed E-state index contributed by atoms with van der Waals surface area (Å²) in [5.41, 5.74) is 2.84. The van der Waals surface area contributed by atoms with Gasteiger partial charge in [-0.15, -0.1) is 16.3 Å². The van der Waals surface area contributed by atoms with E-state index in [-0.39, 0.29) is 18.0 Å². The molecular weight excluding hydrogens is 665 g/mol. The number of esters is 2. The fourth-order valence-electron chi connectivity index (χ4n) is 4.99. The third kappa shape index (κ3) is 7.83. The number of carbonyl (C=O) groups excluding carboxylic acids is 5. The van der Waals surface area contributed by atoms with Gasteiger partial charge in [0.25, 0.3) is 5.91 Å². The van der Waals surface area contributed by atoms with E-state index in [0.29, 0.717) is 16.9 Å². The number of benzene rings is 2. The first kappa shape index (κ1) is 34.5. The van der Waals surface area contributed by atoms with E-state index in [1.54, 1.807) is 6.92 Å². The molecule has 0 bridgehead atoms. The predicted octanol–water partition coefficient (Wildman–Crippen LogP) is 3.53. The Morgan fingerprint density at radius 2 is 1.71 bits per heavy atom. The zero-order valence-electron chi connectivity index (χ0n) is 26.0. The van der Waals surface area contributed by atoms with Crippen LogP contribution in [0.5, 0.6) is 0 Å². The molecule has 2 amide bonds. The van der Waals surface area contributed by atoms with Crippen molar-refractivity contribution >= 4 is 57.9 Å². The first-order valence-electron chi connectivity index (χ1n) is 14.7. The molecule has 1 fully saturated rings. The Hall–Kier alpha value is -4.80. The van der Waals surface area contributed by atoms with Crippen LogP contribution < -0.4 is 5.32 Å². The average Bonchev–Trinajstić information content (AvgIpc) is 3.54. The quantitative estimate of drug-likeness (QED) is 0.0860. The molecule has 1 N–H and O–H groups in total. The molecule has 4 unspecified atom stereocenters. The van der Waals surface area contributed by atoms with Gasteiger partial charge in [0.2, 0.25) is 12.2 Å². The molecule has 14 nitrogen and oxygen atoms in total. The van der Waals surface area contributed by atoms with Gasteiger partial charge in [0, 0.05) is 28.8 Å². The third-order valence-electron chi connectivity index (χ3n) is 7.09. The van der Waals surface area contributed by atoms with Crippen LogP contribution in [-0.2, 0) is 53.7 Å². The van der Waals surface area contributed by atoms with Crippen molar-refractivity contribution in [2.75, 3.05) is 19.5 Å². The minimum Gasteiger partial charge on any atom is -0.452 e. The number of nitrogens with zero attached hydrogens (tertiary/aromatic N) is 3. The third-order valence-corrected chi connectivity index (χ3v) is 9.40. The van der Waals surface area contributed by atoms with Crippen LogP contribution in [0, 0.1) is 5.92 Å². The van der Waals surface area contributed by atoms with Gasteiger partial charge in [-0.05, 0) is 24.1 Å². The van der Waals surface area contributed by atoms with Gasteiger partial charge in [-0.25, -0.2) is 14.4 Å². The van der Waals surface area contributed by atoms with Crippen molar-refractivity contribution in [1.29, 1.82) is 0 Å². The zero-order valence-corrected chi connectivity index (χ0v) is 27.7. The fourth-order valence-corrected chi connectivity index (χ4v) is 7.17. The molecule has 0 spiro atoms. The van der Waals surface area contributed by atoms with Crippen LogP contribution in [0.25, 0.3) is 0 Å². The highest BCUT2D eigenvalue weighted by Gasteiger charge is 2.54. The molecule has 3 aliphatic heterocycles. The number of carbonyl (C=O) groups is 5. The molecule has 0 aromatic heterocycles. The molecule has 3 aliphatic rings. The summed E-state index contributed by atoms with van der Waals surface area (Å²) in [5.74, 6) is -4.45. The van der Waals surface area contributed by atoms with Crippen molar-refractivity contribution in [1.82, 2.24) is 10.2 Å². The Morgan fingerprint density at radius 1 is 1.04 bits per heavy atom. The van der Waals surface area contributed by atoms with Crippen LogP contribution >= 0.6 is 11.8 Å². The molecule has 48 heavy (non-hydrogen) atoms. The zero-order chi connectivity index (χ0) is 34.2. The van der Waals surface area contributed by atoms with Gasteiger partial charge in [-0.1, -0.05) is 60.7 Å². The SMILES string of the molecule is CCOC(=O)OC(C)OC(=O)C1=CCS[C@@H]2C(NC(=O)C(C(=O)OC(c3ccccc3)c3ccccc3)C3=CS(=NOC)C=N3)C(=O)N12. The molecule has 5 rings (SSSR count). The number of β-lactam (4-membered cyclic amide) rings is 1. The van der Waals surface area contributed by atoms with E-state index in [1.165, 1.54) is 47.7 Å². The van der Waals surface area contributed by atoms with Crippen LogP contribution in [0.2, 0.25) is 0 Å². The highest BCUT2D eigenvalue weighted by molar-refractivity contribution is 8.03. The van der Waals surface area contributed by atoms with Crippen LogP contribution in [0.4, 0.5) is 4.79 Å². The molecule has 16 heteroatoms. The second kappa shape index (κ2) is 15.9. The van der Waals surface area contributed by atoms with Gasteiger partial charge in [-0.3, -0.25) is 24.3 Å². The van der Waals surface area contributed by atoms with E-state index in [4.69, 9.17) is 19.0 Å². The molecule has 0 saturated carbocycles. The summed E-state index contributed by atoms with van der Waals surface area (Å²) >= 11 is 1.30.